The second-order valence-corrected chi connectivity index (χ2v) is 13.9. The normalized spacial score (nSPS) is 14.7. The van der Waals surface area contributed by atoms with Gasteiger partial charge in [0.05, 0.1) is 9.79 Å². The molecule has 1 saturated heterocycles. The lowest BCUT2D eigenvalue weighted by molar-refractivity contribution is 0.102. The van der Waals surface area contributed by atoms with Crippen molar-refractivity contribution in [3.05, 3.63) is 107 Å². The van der Waals surface area contributed by atoms with Gasteiger partial charge >= 0.3 is 0 Å². The molecule has 1 aliphatic rings. The Labute approximate surface area is 251 Å². The average Bonchev–Trinajstić information content (AvgIpc) is 2.98. The quantitative estimate of drug-likeness (QED) is 0.289. The van der Waals surface area contributed by atoms with E-state index >= 15 is 0 Å². The predicted molar refractivity (Wildman–Crippen MR) is 164 cm³/mol. The highest BCUT2D eigenvalue weighted by molar-refractivity contribution is 7.92. The van der Waals surface area contributed by atoms with E-state index in [1.807, 2.05) is 12.1 Å². The first-order valence-electron chi connectivity index (χ1n) is 13.6. The maximum atomic E-state index is 12.9. The summed E-state index contributed by atoms with van der Waals surface area (Å²) in [6.07, 6.45) is 0. The number of aryl methyl sites for hydroxylation is 2. The molecular weight excluding hydrogens is 589 g/mol. The number of hydrogen-bond acceptors (Lipinski definition) is 8. The van der Waals surface area contributed by atoms with Crippen molar-refractivity contribution in [3.63, 3.8) is 0 Å². The zero-order valence-electron chi connectivity index (χ0n) is 23.8. The molecule has 11 nitrogen and oxygen atoms in total. The summed E-state index contributed by atoms with van der Waals surface area (Å²) < 4.78 is 55.2. The van der Waals surface area contributed by atoms with Gasteiger partial charge in [0.15, 0.2) is 0 Å². The lowest BCUT2D eigenvalue weighted by Gasteiger charge is -2.34. The Hall–Kier alpha value is -4.17. The molecule has 0 atom stereocenters. The van der Waals surface area contributed by atoms with Crippen LogP contribution in [-0.2, 0) is 26.6 Å². The number of benzene rings is 3. The molecule has 2 heterocycles. The van der Waals surface area contributed by atoms with E-state index in [1.54, 1.807) is 62.4 Å². The minimum absolute atomic E-state index is 0.00316. The molecule has 1 aliphatic heterocycles. The van der Waals surface area contributed by atoms with Crippen LogP contribution in [0.3, 0.4) is 0 Å². The first kappa shape index (κ1) is 30.3. The highest BCUT2D eigenvalue weighted by Crippen LogP contribution is 2.20. The van der Waals surface area contributed by atoms with Gasteiger partial charge in [0.1, 0.15) is 0 Å². The lowest BCUT2D eigenvalue weighted by Crippen LogP contribution is -2.48. The van der Waals surface area contributed by atoms with E-state index in [0.29, 0.717) is 60.3 Å². The number of anilines is 2. The van der Waals surface area contributed by atoms with E-state index in [2.05, 4.69) is 24.9 Å². The fourth-order valence-electron chi connectivity index (χ4n) is 4.76. The van der Waals surface area contributed by atoms with Crippen molar-refractivity contribution in [3.8, 4) is 0 Å². The smallest absolute Gasteiger partial charge is 0.264 e. The summed E-state index contributed by atoms with van der Waals surface area (Å²) in [4.78, 5) is 23.5. The SMILES string of the molecule is Cc1cc(C)nc(NS(=O)(=O)c2ccc(NC(=O)c3ccc(CN4CCN(S(=O)(=O)c5ccccc5)CC4)cc3)cc2)n1. The second kappa shape index (κ2) is 12.6. The van der Waals surface area contributed by atoms with Gasteiger partial charge in [-0.25, -0.2) is 31.5 Å². The lowest BCUT2D eigenvalue weighted by atomic mass is 10.1. The van der Waals surface area contributed by atoms with Gasteiger partial charge in [0.2, 0.25) is 16.0 Å². The molecule has 0 saturated carbocycles. The average molecular weight is 621 g/mol. The molecule has 0 bridgehead atoms. The molecule has 13 heteroatoms. The van der Waals surface area contributed by atoms with Crippen LogP contribution in [0, 0.1) is 13.8 Å². The largest absolute Gasteiger partial charge is 0.322 e. The Morgan fingerprint density at radius 3 is 1.98 bits per heavy atom. The van der Waals surface area contributed by atoms with Gasteiger partial charge in [-0.15, -0.1) is 0 Å². The van der Waals surface area contributed by atoms with Crippen LogP contribution >= 0.6 is 0 Å². The van der Waals surface area contributed by atoms with Gasteiger partial charge in [-0.2, -0.15) is 4.31 Å². The second-order valence-electron chi connectivity index (χ2n) is 10.2. The van der Waals surface area contributed by atoms with Gasteiger partial charge in [-0.3, -0.25) is 9.69 Å². The number of sulfonamides is 2. The molecule has 1 amide bonds. The van der Waals surface area contributed by atoms with Gasteiger partial charge < -0.3 is 5.32 Å². The van der Waals surface area contributed by atoms with Crippen LogP contribution in [0.15, 0.2) is 94.7 Å². The van der Waals surface area contributed by atoms with Gasteiger partial charge in [-0.1, -0.05) is 30.3 Å². The molecule has 224 valence electrons. The molecule has 0 radical (unpaired) electrons. The van der Waals surface area contributed by atoms with Crippen molar-refractivity contribution in [1.82, 2.24) is 19.2 Å². The van der Waals surface area contributed by atoms with Crippen molar-refractivity contribution < 1.29 is 21.6 Å². The molecule has 5 rings (SSSR count). The Morgan fingerprint density at radius 2 is 1.37 bits per heavy atom. The van der Waals surface area contributed by atoms with Crippen molar-refractivity contribution in [1.29, 1.82) is 0 Å². The van der Waals surface area contributed by atoms with Crippen molar-refractivity contribution in [2.24, 2.45) is 0 Å². The van der Waals surface area contributed by atoms with Crippen LogP contribution in [0.1, 0.15) is 27.3 Å². The van der Waals surface area contributed by atoms with Crippen LogP contribution in [-0.4, -0.2) is 68.1 Å². The maximum Gasteiger partial charge on any atom is 0.264 e. The third-order valence-electron chi connectivity index (χ3n) is 6.96. The van der Waals surface area contributed by atoms with E-state index in [0.717, 1.165) is 5.56 Å². The summed E-state index contributed by atoms with van der Waals surface area (Å²) in [7, 11) is -7.41. The van der Waals surface area contributed by atoms with Crippen LogP contribution in [0.2, 0.25) is 0 Å². The Bertz CT molecular complexity index is 1790. The molecule has 0 spiro atoms. The Balaban J connectivity index is 1.13. The Kier molecular flexibility index (Phi) is 8.87. The van der Waals surface area contributed by atoms with Crippen molar-refractivity contribution in [2.75, 3.05) is 36.2 Å². The summed E-state index contributed by atoms with van der Waals surface area (Å²) in [5.74, 6) is -0.333. The first-order valence-corrected chi connectivity index (χ1v) is 16.5. The fourth-order valence-corrected chi connectivity index (χ4v) is 7.15. The van der Waals surface area contributed by atoms with Gasteiger partial charge in [0, 0.05) is 55.4 Å². The monoisotopic (exact) mass is 620 g/mol. The third kappa shape index (κ3) is 7.43. The standard InChI is InChI=1S/C30H32N6O5S2/c1-22-20-23(2)32-30(31-22)34-42(38,39)27-14-12-26(13-15-27)33-29(37)25-10-8-24(9-11-25)21-35-16-18-36(19-17-35)43(40,41)28-6-4-3-5-7-28/h3-15,20H,16-19,21H2,1-2H3,(H,33,37)(H,31,32,34). The highest BCUT2D eigenvalue weighted by Gasteiger charge is 2.28. The number of hydrogen-bond donors (Lipinski definition) is 2. The van der Waals surface area contributed by atoms with E-state index in [-0.39, 0.29) is 16.8 Å². The molecular formula is C30H32N6O5S2. The molecule has 4 aromatic rings. The molecule has 1 fully saturated rings. The number of rotatable bonds is 9. The van der Waals surface area contributed by atoms with E-state index < -0.39 is 20.0 Å². The molecule has 43 heavy (non-hydrogen) atoms. The number of aromatic nitrogens is 2. The van der Waals surface area contributed by atoms with Crippen LogP contribution in [0.4, 0.5) is 11.6 Å². The molecule has 0 aliphatic carbocycles. The van der Waals surface area contributed by atoms with Gasteiger partial charge in [-0.05, 0) is 74.0 Å². The fraction of sp³-hybridized carbons (Fsp3) is 0.233. The van der Waals surface area contributed by atoms with Crippen LogP contribution < -0.4 is 10.0 Å². The predicted octanol–water partition coefficient (Wildman–Crippen LogP) is 3.65. The summed E-state index contributed by atoms with van der Waals surface area (Å²) in [5.41, 5.74) is 3.19. The highest BCUT2D eigenvalue weighted by atomic mass is 32.2. The zero-order chi connectivity index (χ0) is 30.6. The topological polar surface area (TPSA) is 142 Å². The van der Waals surface area contributed by atoms with E-state index in [4.69, 9.17) is 0 Å². The summed E-state index contributed by atoms with van der Waals surface area (Å²) in [6, 6.07) is 23.2. The Morgan fingerprint density at radius 1 is 0.767 bits per heavy atom. The minimum atomic E-state index is -3.91. The van der Waals surface area contributed by atoms with Gasteiger partial charge in [0.25, 0.3) is 15.9 Å². The maximum absolute atomic E-state index is 12.9. The molecule has 2 N–H and O–H groups in total. The number of amides is 1. The van der Waals surface area contributed by atoms with E-state index in [1.165, 1.54) is 28.6 Å². The number of nitrogens with zero attached hydrogens (tertiary/aromatic N) is 4. The van der Waals surface area contributed by atoms with Crippen molar-refractivity contribution in [2.45, 2.75) is 30.2 Å². The molecule has 0 unspecified atom stereocenters. The number of piperazine rings is 1. The first-order chi connectivity index (χ1) is 20.5. The van der Waals surface area contributed by atoms with Crippen LogP contribution in [0.5, 0.6) is 0 Å². The molecule has 1 aromatic heterocycles. The summed E-state index contributed by atoms with van der Waals surface area (Å²) in [5, 5.41) is 2.78. The van der Waals surface area contributed by atoms with Crippen molar-refractivity contribution >= 4 is 37.6 Å². The minimum Gasteiger partial charge on any atom is -0.322 e. The third-order valence-corrected chi connectivity index (χ3v) is 10.2. The number of carbonyl (C=O) groups excluding carboxylic acids is 1. The van der Waals surface area contributed by atoms with Crippen LogP contribution in [0.25, 0.3) is 0 Å². The summed E-state index contributed by atoms with van der Waals surface area (Å²) in [6.45, 7) is 6.17. The van der Waals surface area contributed by atoms with E-state index in [9.17, 15) is 21.6 Å². The number of nitrogens with one attached hydrogen (secondary N) is 2. The summed E-state index contributed by atoms with van der Waals surface area (Å²) >= 11 is 0. The molecule has 3 aromatic carbocycles. The zero-order valence-corrected chi connectivity index (χ0v) is 25.4. The number of carbonyl (C=O) groups is 1.